The zero-order chi connectivity index (χ0) is 13.7. The summed E-state index contributed by atoms with van der Waals surface area (Å²) < 4.78 is 10.3. The molecule has 1 amide bonds. The van der Waals surface area contributed by atoms with Gasteiger partial charge in [-0.1, -0.05) is 0 Å². The highest BCUT2D eigenvalue weighted by molar-refractivity contribution is 6.11. The van der Waals surface area contributed by atoms with Gasteiger partial charge < -0.3 is 25.0 Å². The summed E-state index contributed by atoms with van der Waals surface area (Å²) in [6.07, 6.45) is -0.662. The van der Waals surface area contributed by atoms with Gasteiger partial charge in [-0.2, -0.15) is 0 Å². The topological polar surface area (TPSA) is 122 Å². The second-order valence-corrected chi connectivity index (χ2v) is 4.53. The monoisotopic (exact) mass is 259 g/mol. The molecule has 3 atom stereocenters. The van der Waals surface area contributed by atoms with Crippen LogP contribution in [0.1, 0.15) is 13.3 Å². The Morgan fingerprint density at radius 2 is 2.00 bits per heavy atom. The minimum absolute atomic E-state index is 0.126. The highest BCUT2D eigenvalue weighted by Gasteiger charge is 2.75. The van der Waals surface area contributed by atoms with Gasteiger partial charge in [-0.3, -0.25) is 4.79 Å². The fourth-order valence-electron chi connectivity index (χ4n) is 2.69. The van der Waals surface area contributed by atoms with E-state index in [0.29, 0.717) is 0 Å². The van der Waals surface area contributed by atoms with Crippen LogP contribution >= 0.6 is 0 Å². The van der Waals surface area contributed by atoms with E-state index in [-0.39, 0.29) is 6.42 Å². The summed E-state index contributed by atoms with van der Waals surface area (Å²) in [4.78, 5) is 34.4. The fourth-order valence-corrected chi connectivity index (χ4v) is 2.69. The average Bonchev–Trinajstić information content (AvgIpc) is 2.71. The van der Waals surface area contributed by atoms with Crippen molar-refractivity contribution >= 4 is 17.8 Å². The molecule has 2 aliphatic rings. The number of amides is 1. The SMILES string of the molecule is COC1CC2C(=O)NC(C(=O)O)(C(=O)O)C2(C)O1. The lowest BCUT2D eigenvalue weighted by Gasteiger charge is -2.34. The third-order valence-electron chi connectivity index (χ3n) is 3.75. The number of rotatable bonds is 3. The molecular formula is C10H13NO7. The third kappa shape index (κ3) is 1.24. The van der Waals surface area contributed by atoms with E-state index in [1.807, 2.05) is 5.32 Å². The summed E-state index contributed by atoms with van der Waals surface area (Å²) in [5, 5.41) is 20.4. The molecule has 0 aromatic rings. The van der Waals surface area contributed by atoms with Gasteiger partial charge in [0.15, 0.2) is 6.29 Å². The maximum Gasteiger partial charge on any atom is 0.344 e. The Balaban J connectivity index is 2.54. The largest absolute Gasteiger partial charge is 0.479 e. The molecule has 3 N–H and O–H groups in total. The van der Waals surface area contributed by atoms with E-state index >= 15 is 0 Å². The molecule has 0 saturated carbocycles. The molecule has 0 bridgehead atoms. The van der Waals surface area contributed by atoms with Gasteiger partial charge >= 0.3 is 11.9 Å². The smallest absolute Gasteiger partial charge is 0.344 e. The van der Waals surface area contributed by atoms with E-state index in [4.69, 9.17) is 9.47 Å². The van der Waals surface area contributed by atoms with Crippen molar-refractivity contribution in [3.63, 3.8) is 0 Å². The summed E-state index contributed by atoms with van der Waals surface area (Å²) in [5.74, 6) is -4.84. The van der Waals surface area contributed by atoms with Crippen molar-refractivity contribution in [2.24, 2.45) is 5.92 Å². The van der Waals surface area contributed by atoms with Crippen LogP contribution in [0.15, 0.2) is 0 Å². The summed E-state index contributed by atoms with van der Waals surface area (Å²) in [6, 6.07) is 0. The number of methoxy groups -OCH3 is 1. The van der Waals surface area contributed by atoms with Crippen molar-refractivity contribution in [1.29, 1.82) is 0 Å². The van der Waals surface area contributed by atoms with Gasteiger partial charge in [0, 0.05) is 13.5 Å². The van der Waals surface area contributed by atoms with Crippen molar-refractivity contribution in [3.05, 3.63) is 0 Å². The summed E-state index contributed by atoms with van der Waals surface area (Å²) in [5.41, 5.74) is -4.16. The standard InChI is InChI=1S/C10H13NO7/c1-9-4(3-5(17-2)18-9)6(12)11-10(9,7(13)14)8(15)16/h4-5H,3H2,1-2H3,(H,11,12)(H,13,14)(H,15,16). The zero-order valence-corrected chi connectivity index (χ0v) is 9.80. The van der Waals surface area contributed by atoms with Crippen molar-refractivity contribution in [1.82, 2.24) is 5.32 Å². The Morgan fingerprint density at radius 1 is 1.44 bits per heavy atom. The van der Waals surface area contributed by atoms with Crippen LogP contribution < -0.4 is 5.32 Å². The van der Waals surface area contributed by atoms with Crippen LogP contribution in [0.4, 0.5) is 0 Å². The normalized spacial score (nSPS) is 37.1. The highest BCUT2D eigenvalue weighted by Crippen LogP contribution is 2.48. The molecule has 2 saturated heterocycles. The second kappa shape index (κ2) is 3.66. The number of carbonyl (C=O) groups excluding carboxylic acids is 1. The van der Waals surface area contributed by atoms with Crippen molar-refractivity contribution in [2.45, 2.75) is 30.8 Å². The molecule has 8 heteroatoms. The first-order valence-corrected chi connectivity index (χ1v) is 5.29. The van der Waals surface area contributed by atoms with Crippen LogP contribution in [-0.2, 0) is 23.9 Å². The number of fused-ring (bicyclic) bond motifs is 1. The van der Waals surface area contributed by atoms with E-state index < -0.39 is 41.2 Å². The van der Waals surface area contributed by atoms with Crippen LogP contribution in [0.3, 0.4) is 0 Å². The van der Waals surface area contributed by atoms with E-state index in [1.165, 1.54) is 14.0 Å². The van der Waals surface area contributed by atoms with Crippen molar-refractivity contribution in [2.75, 3.05) is 7.11 Å². The molecule has 2 heterocycles. The summed E-state index contributed by atoms with van der Waals surface area (Å²) in [7, 11) is 1.34. The highest BCUT2D eigenvalue weighted by atomic mass is 16.7. The van der Waals surface area contributed by atoms with Gasteiger partial charge in [0.05, 0.1) is 5.92 Å². The number of carboxylic acid groups (broad SMARTS) is 2. The average molecular weight is 259 g/mol. The van der Waals surface area contributed by atoms with Crippen molar-refractivity contribution in [3.8, 4) is 0 Å². The maximum absolute atomic E-state index is 11.8. The Morgan fingerprint density at radius 3 is 2.44 bits per heavy atom. The zero-order valence-electron chi connectivity index (χ0n) is 9.80. The molecule has 2 fully saturated rings. The molecule has 8 nitrogen and oxygen atoms in total. The number of aliphatic carboxylic acids is 2. The number of carbonyl (C=O) groups is 3. The Hall–Kier alpha value is -1.67. The molecule has 2 rings (SSSR count). The number of nitrogens with one attached hydrogen (secondary N) is 1. The van der Waals surface area contributed by atoms with Crippen LogP contribution in [0.5, 0.6) is 0 Å². The predicted octanol–water partition coefficient (Wildman–Crippen LogP) is -1.21. The first-order valence-electron chi connectivity index (χ1n) is 5.29. The first kappa shape index (κ1) is 12.8. The molecule has 3 unspecified atom stereocenters. The van der Waals surface area contributed by atoms with E-state index in [1.54, 1.807) is 0 Å². The molecular weight excluding hydrogens is 246 g/mol. The van der Waals surface area contributed by atoms with Crippen LogP contribution in [0.2, 0.25) is 0 Å². The second-order valence-electron chi connectivity index (χ2n) is 4.53. The molecule has 100 valence electrons. The molecule has 0 aromatic heterocycles. The molecule has 2 aliphatic heterocycles. The molecule has 0 aromatic carbocycles. The number of carboxylic acids is 2. The minimum atomic E-state index is -2.48. The first-order chi connectivity index (χ1) is 8.29. The van der Waals surface area contributed by atoms with Crippen molar-refractivity contribution < 1.29 is 34.1 Å². The molecule has 0 aliphatic carbocycles. The molecule has 18 heavy (non-hydrogen) atoms. The Bertz CT molecular complexity index is 420. The van der Waals surface area contributed by atoms with Crippen LogP contribution in [0.25, 0.3) is 0 Å². The van der Waals surface area contributed by atoms with E-state index in [2.05, 4.69) is 0 Å². The summed E-state index contributed by atoms with van der Waals surface area (Å²) in [6.45, 7) is 1.30. The maximum atomic E-state index is 11.8. The van der Waals surface area contributed by atoms with Crippen LogP contribution in [0, 0.1) is 5.92 Å². The number of hydrogen-bond acceptors (Lipinski definition) is 5. The number of ether oxygens (including phenoxy) is 2. The lowest BCUT2D eigenvalue weighted by molar-refractivity contribution is -0.195. The predicted molar refractivity (Wildman–Crippen MR) is 54.5 cm³/mol. The minimum Gasteiger partial charge on any atom is -0.479 e. The third-order valence-corrected chi connectivity index (χ3v) is 3.75. The van der Waals surface area contributed by atoms with E-state index in [9.17, 15) is 24.6 Å². The number of hydrogen-bond donors (Lipinski definition) is 3. The van der Waals surface area contributed by atoms with Gasteiger partial charge in [-0.05, 0) is 6.92 Å². The molecule has 0 radical (unpaired) electrons. The van der Waals surface area contributed by atoms with Gasteiger partial charge in [0.25, 0.3) is 5.54 Å². The van der Waals surface area contributed by atoms with E-state index in [0.717, 1.165) is 0 Å². The van der Waals surface area contributed by atoms with Gasteiger partial charge in [0.1, 0.15) is 5.60 Å². The van der Waals surface area contributed by atoms with Gasteiger partial charge in [0.2, 0.25) is 5.91 Å². The lowest BCUT2D eigenvalue weighted by Crippen LogP contribution is -2.67. The van der Waals surface area contributed by atoms with Gasteiger partial charge in [-0.15, -0.1) is 0 Å². The summed E-state index contributed by atoms with van der Waals surface area (Å²) >= 11 is 0. The Labute approximate surface area is 102 Å². The Kier molecular flexibility index (Phi) is 2.60. The quantitative estimate of drug-likeness (QED) is 0.543. The van der Waals surface area contributed by atoms with Crippen LogP contribution in [-0.4, -0.2) is 52.6 Å². The molecule has 0 spiro atoms. The van der Waals surface area contributed by atoms with Gasteiger partial charge in [-0.25, -0.2) is 9.59 Å². The lowest BCUT2D eigenvalue weighted by atomic mass is 9.77. The fraction of sp³-hybridized carbons (Fsp3) is 0.700.